The fraction of sp³-hybridized carbons (Fsp3) is 0.750. The minimum atomic E-state index is -0.867. The second-order valence-electron chi connectivity index (χ2n) is 45.0. The van der Waals surface area contributed by atoms with Crippen LogP contribution in [0.1, 0.15) is 513 Å². The summed E-state index contributed by atoms with van der Waals surface area (Å²) >= 11 is 0. The molecule has 0 heterocycles. The Labute approximate surface area is 897 Å². The highest BCUT2D eigenvalue weighted by Gasteiger charge is 2.56. The molecule has 148 heavy (non-hydrogen) atoms. The number of carbonyl (C=O) groups excluding carboxylic acids is 8. The highest BCUT2D eigenvalue weighted by Crippen LogP contribution is 2.59. The van der Waals surface area contributed by atoms with Gasteiger partial charge in [0, 0.05) is 114 Å². The number of unbranched alkanes of at least 4 members (excludes halogenated alkanes) is 42. The van der Waals surface area contributed by atoms with Crippen LogP contribution in [0.25, 0.3) is 0 Å². The van der Waals surface area contributed by atoms with Gasteiger partial charge in [0.25, 0.3) is 0 Å². The number of esters is 4. The van der Waals surface area contributed by atoms with Gasteiger partial charge < -0.3 is 57.5 Å². The van der Waals surface area contributed by atoms with Crippen molar-refractivity contribution in [2.24, 2.45) is 47.3 Å². The lowest BCUT2D eigenvalue weighted by atomic mass is 9.79. The molecule has 8 bridgehead atoms. The summed E-state index contributed by atoms with van der Waals surface area (Å²) in [6.45, 7) is 22.1. The monoisotopic (exact) mass is 2050 g/mol. The number of fused-ring (bicyclic) bond motifs is 8. The molecule has 0 aromatic heterocycles. The van der Waals surface area contributed by atoms with Crippen LogP contribution in [-0.2, 0) is 57.1 Å². The fourth-order valence-corrected chi connectivity index (χ4v) is 26.9. The lowest BCUT2D eigenvalue weighted by Gasteiger charge is -2.39. The number of nitrogens with zero attached hydrogens (tertiary/aromatic N) is 4. The summed E-state index contributed by atoms with van der Waals surface area (Å²) in [4.78, 5) is 109. The van der Waals surface area contributed by atoms with E-state index in [1.165, 1.54) is 343 Å². The van der Waals surface area contributed by atoms with Gasteiger partial charge in [-0.15, -0.1) is 0 Å². The molecule has 0 radical (unpaired) electrons. The van der Waals surface area contributed by atoms with E-state index in [4.69, 9.17) is 37.9 Å². The molecule has 0 aliphatic heterocycles. The van der Waals surface area contributed by atoms with Crippen LogP contribution in [-0.4, -0.2) is 144 Å². The van der Waals surface area contributed by atoms with Crippen molar-refractivity contribution in [3.05, 3.63) is 144 Å². The largest absolute Gasteiger partial charge is 0.428 e. The minimum absolute atomic E-state index is 0.150. The molecule has 18 atom stereocenters. The summed E-state index contributed by atoms with van der Waals surface area (Å²) in [6, 6.07) is 43.0. The van der Waals surface area contributed by atoms with E-state index in [1.807, 2.05) is 71.6 Å². The molecule has 4 amide bonds. The Morgan fingerprint density at radius 2 is 0.405 bits per heavy atom. The van der Waals surface area contributed by atoms with Crippen LogP contribution < -0.4 is 0 Å². The summed E-state index contributed by atoms with van der Waals surface area (Å²) in [5.41, 5.74) is 5.27. The third-order valence-corrected chi connectivity index (χ3v) is 34.3. The molecule has 0 spiro atoms. The first kappa shape index (κ1) is 123. The second kappa shape index (κ2) is 73.2. The summed E-state index contributed by atoms with van der Waals surface area (Å²) in [5, 5.41) is 0. The first-order valence-electron chi connectivity index (χ1n) is 61.1. The van der Waals surface area contributed by atoms with Crippen molar-refractivity contribution < 1.29 is 76.3 Å². The van der Waals surface area contributed by atoms with Crippen molar-refractivity contribution in [3.63, 3.8) is 0 Å². The van der Waals surface area contributed by atoms with E-state index in [1.54, 1.807) is 13.8 Å². The van der Waals surface area contributed by atoms with E-state index in [0.717, 1.165) is 51.4 Å². The van der Waals surface area contributed by atoms with Crippen LogP contribution in [0.4, 0.5) is 19.2 Å². The Bertz CT molecular complexity index is 4220. The second-order valence-corrected chi connectivity index (χ2v) is 45.0. The van der Waals surface area contributed by atoms with Gasteiger partial charge in [0.2, 0.25) is 26.2 Å². The third-order valence-electron chi connectivity index (χ3n) is 34.3. The van der Waals surface area contributed by atoms with Crippen molar-refractivity contribution in [3.8, 4) is 0 Å². The Balaban J connectivity index is 0.000000220. The number of benzene rings is 4. The molecule has 8 aliphatic rings. The topological polar surface area (TPSA) is 223 Å². The van der Waals surface area contributed by atoms with E-state index in [2.05, 4.69) is 125 Å². The van der Waals surface area contributed by atoms with Crippen molar-refractivity contribution >= 4 is 48.3 Å². The molecule has 8 saturated carbocycles. The molecule has 0 N–H and O–H groups in total. The number of carbonyl (C=O) groups is 8. The Morgan fingerprint density at radius 1 is 0.223 bits per heavy atom. The molecule has 18 unspecified atom stereocenters. The third kappa shape index (κ3) is 42.7. The van der Waals surface area contributed by atoms with E-state index in [9.17, 15) is 38.4 Å². The van der Waals surface area contributed by atoms with E-state index in [-0.39, 0.29) is 86.0 Å². The predicted octanol–water partition coefficient (Wildman–Crippen LogP) is 34.5. The lowest BCUT2D eigenvalue weighted by molar-refractivity contribution is -0.168. The average molecular weight is 2060 g/mol. The van der Waals surface area contributed by atoms with Gasteiger partial charge in [0.05, 0.1) is 0 Å². The van der Waals surface area contributed by atoms with Crippen molar-refractivity contribution in [1.29, 1.82) is 0 Å². The molecule has 4 aromatic carbocycles. The van der Waals surface area contributed by atoms with Crippen LogP contribution in [0.5, 0.6) is 0 Å². The van der Waals surface area contributed by atoms with Gasteiger partial charge >= 0.3 is 48.3 Å². The van der Waals surface area contributed by atoms with E-state index in [0.29, 0.717) is 123 Å². The SMILES string of the molecule is CCCCCCCCCC(=O)OCOC(=O)N(CC)C1C2CCC(C2)C1c1ccccc1.CCCCCCCCCCCC(=O)OC(C)OC(=O)N(CC)C1C2CCC(C2)C1c1ccccc1.CCCCCCCCCCCCCCCCCC(=O)OC(C)OC(=O)N(CC)C1C2CCC(C2)C1c1ccccc1.CCCCCCCCCCCCCCCCCC(=O)OCOC(=O)N(CC)C1C2CCC(C2)C1c1ccccc1. The summed E-state index contributed by atoms with van der Waals surface area (Å²) in [6.07, 6.45) is 70.7. The zero-order valence-corrected chi connectivity index (χ0v) is 94.3. The quantitative estimate of drug-likeness (QED) is 0.0173. The van der Waals surface area contributed by atoms with Crippen molar-refractivity contribution in [2.75, 3.05) is 39.8 Å². The van der Waals surface area contributed by atoms with Crippen LogP contribution in [0, 0.1) is 47.3 Å². The lowest BCUT2D eigenvalue weighted by Crippen LogP contribution is -2.47. The number of hydrogen-bond donors (Lipinski definition) is 0. The van der Waals surface area contributed by atoms with Gasteiger partial charge in [0.15, 0.2) is 0 Å². The number of likely N-dealkylation sites (N-methyl/N-ethyl adjacent to an activating group) is 4. The van der Waals surface area contributed by atoms with Crippen molar-refractivity contribution in [2.45, 2.75) is 528 Å². The number of rotatable bonds is 70. The highest BCUT2D eigenvalue weighted by molar-refractivity contribution is 5.73. The van der Waals surface area contributed by atoms with E-state index >= 15 is 0 Å². The molecular formula is C128H204N4O16. The molecular weight excluding hydrogens is 1850 g/mol. The molecule has 8 fully saturated rings. The van der Waals surface area contributed by atoms with Crippen LogP contribution >= 0.6 is 0 Å². The summed E-state index contributed by atoms with van der Waals surface area (Å²) < 4.78 is 43.4. The average Bonchev–Trinajstić information content (AvgIpc) is 1.62. The first-order chi connectivity index (χ1) is 72.4. The zero-order chi connectivity index (χ0) is 106. The van der Waals surface area contributed by atoms with Gasteiger partial charge in [-0.05, 0) is 200 Å². The molecule has 12 rings (SSSR count). The summed E-state index contributed by atoms with van der Waals surface area (Å²) in [5.74, 6) is 4.92. The maximum absolute atomic E-state index is 13.2. The fourth-order valence-electron chi connectivity index (χ4n) is 26.9. The Hall–Kier alpha value is -8.16. The molecule has 832 valence electrons. The highest BCUT2D eigenvalue weighted by atomic mass is 16.7. The zero-order valence-electron chi connectivity index (χ0n) is 94.3. The van der Waals surface area contributed by atoms with Gasteiger partial charge in [-0.25, -0.2) is 19.2 Å². The number of amides is 4. The van der Waals surface area contributed by atoms with Crippen molar-refractivity contribution in [1.82, 2.24) is 19.6 Å². The Morgan fingerprint density at radius 3 is 0.608 bits per heavy atom. The minimum Gasteiger partial charge on any atom is -0.428 e. The van der Waals surface area contributed by atoms with Gasteiger partial charge in [-0.2, -0.15) is 0 Å². The van der Waals surface area contributed by atoms with Gasteiger partial charge in [-0.1, -0.05) is 419 Å². The van der Waals surface area contributed by atoms with Gasteiger partial charge in [-0.3, -0.25) is 19.2 Å². The molecule has 0 saturated heterocycles. The number of hydrogen-bond acceptors (Lipinski definition) is 16. The van der Waals surface area contributed by atoms with E-state index < -0.39 is 12.6 Å². The molecule has 4 aromatic rings. The maximum Gasteiger partial charge on any atom is 0.413 e. The molecule has 8 aliphatic carbocycles. The van der Waals surface area contributed by atoms with Crippen LogP contribution in [0.15, 0.2) is 121 Å². The smallest absolute Gasteiger partial charge is 0.413 e. The van der Waals surface area contributed by atoms with Gasteiger partial charge in [0.1, 0.15) is 0 Å². The standard InChI is InChI=1S/C36H59NO4.C35H57NO4.C30H47NO4.C27H41NO4/c1-4-6-7-8-9-10-11-12-13-14-15-16-17-18-22-25-33(38)40-29(3)41-36(39)37(5-2)35-32-27-26-31(28-32)34(35)30-23-20-19-21-24-30;1-3-5-6-7-8-9-10-11-12-13-14-15-16-17-21-24-32(37)39-28-40-35(38)36(4-2)34-31-26-25-30(27-31)33(34)29-22-19-18-20-23-29;1-4-6-7-8-9-10-11-12-16-19-27(32)34-23(3)35-30(33)31(5-2)29-26-21-20-25(22-26)28(29)24-17-14-13-15-18-24;1-3-5-6-7-8-9-13-16-24(29)31-20-32-27(30)28(4-2)26-23-18-17-22(19-23)25(26)21-14-11-10-12-15-21/h19-21,23-24,29,31-32,34-35H,4-18,22,25-28H2,1-3H3;18-20,22-23,30-31,33-34H,3-17,21,24-28H2,1-2H3;13-15,17-18,23,25-26,28-29H,4-12,16,19-22H2,1-3H3;10-12,14-15,22-23,25-26H,3-9,13,16-20H2,1-2H3. The summed E-state index contributed by atoms with van der Waals surface area (Å²) in [7, 11) is 0. The molecule has 20 nitrogen and oxygen atoms in total. The maximum atomic E-state index is 13.2. The van der Waals surface area contributed by atoms with Crippen LogP contribution in [0.2, 0.25) is 0 Å². The first-order valence-corrected chi connectivity index (χ1v) is 61.1. The Kier molecular flexibility index (Phi) is 61.0. The molecule has 20 heteroatoms. The van der Waals surface area contributed by atoms with Crippen LogP contribution in [0.3, 0.4) is 0 Å². The normalized spacial score (nSPS) is 22.7. The number of ether oxygens (including phenoxy) is 8. The predicted molar refractivity (Wildman–Crippen MR) is 597 cm³/mol.